The standard InChI is InChI=1S/C26H29N3O3S/c1-18-14-19(2)23(20(3)15-18)17-29-13-11-21-8-4-5-9-22(21)16-24(29)26(30)28-33(31,32)25-10-6-7-12-27-25/h4-10,12,14-15,24H,11,13,16-17H2,1-3H3,(H,28,30). The number of aromatic nitrogens is 1. The smallest absolute Gasteiger partial charge is 0.281 e. The number of amides is 1. The monoisotopic (exact) mass is 463 g/mol. The Bertz CT molecular complexity index is 1250. The minimum Gasteiger partial charge on any atom is -0.287 e. The summed E-state index contributed by atoms with van der Waals surface area (Å²) in [7, 11) is -4.05. The Balaban J connectivity index is 1.67. The van der Waals surface area contributed by atoms with Gasteiger partial charge in [0, 0.05) is 19.3 Å². The SMILES string of the molecule is Cc1cc(C)c(CN2CCc3ccccc3CC2C(=O)NS(=O)(=O)c2ccccn2)c(C)c1. The summed E-state index contributed by atoms with van der Waals surface area (Å²) in [5, 5.41) is -0.163. The first-order valence-electron chi connectivity index (χ1n) is 11.1. The first-order valence-corrected chi connectivity index (χ1v) is 12.6. The van der Waals surface area contributed by atoms with Crippen LogP contribution in [0.15, 0.2) is 65.8 Å². The molecule has 2 heterocycles. The molecule has 33 heavy (non-hydrogen) atoms. The molecule has 4 rings (SSSR count). The minimum absolute atomic E-state index is 0.163. The molecule has 0 saturated carbocycles. The Kier molecular flexibility index (Phi) is 6.63. The van der Waals surface area contributed by atoms with Crippen LogP contribution in [0.5, 0.6) is 0 Å². The third-order valence-corrected chi connectivity index (χ3v) is 7.56. The van der Waals surface area contributed by atoms with Gasteiger partial charge in [-0.15, -0.1) is 0 Å². The molecule has 6 nitrogen and oxygen atoms in total. The van der Waals surface area contributed by atoms with Crippen molar-refractivity contribution in [2.45, 2.75) is 51.2 Å². The van der Waals surface area contributed by atoms with E-state index in [2.05, 4.69) is 53.6 Å². The number of benzene rings is 2. The summed E-state index contributed by atoms with van der Waals surface area (Å²) in [6.45, 7) is 7.48. The molecular weight excluding hydrogens is 434 g/mol. The predicted octanol–water partition coefficient (Wildman–Crippen LogP) is 3.48. The summed E-state index contributed by atoms with van der Waals surface area (Å²) in [6.07, 6.45) is 2.65. The topological polar surface area (TPSA) is 79.4 Å². The highest BCUT2D eigenvalue weighted by Gasteiger charge is 2.33. The molecule has 7 heteroatoms. The summed E-state index contributed by atoms with van der Waals surface area (Å²) < 4.78 is 27.9. The Morgan fingerprint density at radius 2 is 1.70 bits per heavy atom. The van der Waals surface area contributed by atoms with Gasteiger partial charge in [0.2, 0.25) is 0 Å². The van der Waals surface area contributed by atoms with Gasteiger partial charge in [0.1, 0.15) is 0 Å². The largest absolute Gasteiger partial charge is 0.287 e. The van der Waals surface area contributed by atoms with Crippen LogP contribution < -0.4 is 4.72 Å². The number of carbonyl (C=O) groups excluding carboxylic acids is 1. The number of nitrogens with zero attached hydrogens (tertiary/aromatic N) is 2. The van der Waals surface area contributed by atoms with Gasteiger partial charge in [-0.2, -0.15) is 8.42 Å². The molecule has 0 bridgehead atoms. The Labute approximate surface area is 195 Å². The number of hydrogen-bond donors (Lipinski definition) is 1. The molecule has 0 spiro atoms. The number of pyridine rings is 1. The van der Waals surface area contributed by atoms with E-state index in [-0.39, 0.29) is 5.03 Å². The maximum absolute atomic E-state index is 13.4. The van der Waals surface area contributed by atoms with Crippen molar-refractivity contribution in [3.8, 4) is 0 Å². The molecule has 1 N–H and O–H groups in total. The maximum Gasteiger partial charge on any atom is 0.281 e. The number of aryl methyl sites for hydroxylation is 3. The molecule has 1 atom stereocenters. The number of nitrogens with one attached hydrogen (secondary N) is 1. The van der Waals surface area contributed by atoms with Crippen molar-refractivity contribution in [2.75, 3.05) is 6.54 Å². The van der Waals surface area contributed by atoms with E-state index < -0.39 is 22.0 Å². The predicted molar refractivity (Wildman–Crippen MR) is 128 cm³/mol. The fourth-order valence-electron chi connectivity index (χ4n) is 4.63. The number of sulfonamides is 1. The van der Waals surface area contributed by atoms with Crippen LogP contribution in [-0.2, 0) is 34.2 Å². The summed E-state index contributed by atoms with van der Waals surface area (Å²) in [6, 6.07) is 16.4. The number of hydrogen-bond acceptors (Lipinski definition) is 5. The van der Waals surface area contributed by atoms with Crippen molar-refractivity contribution in [1.82, 2.24) is 14.6 Å². The third kappa shape index (κ3) is 5.15. The van der Waals surface area contributed by atoms with Gasteiger partial charge in [0.05, 0.1) is 6.04 Å². The molecule has 2 aromatic carbocycles. The molecule has 0 aliphatic carbocycles. The highest BCUT2D eigenvalue weighted by Crippen LogP contribution is 2.25. The molecule has 0 saturated heterocycles. The quantitative estimate of drug-likeness (QED) is 0.627. The summed E-state index contributed by atoms with van der Waals surface area (Å²) in [4.78, 5) is 19.4. The highest BCUT2D eigenvalue weighted by atomic mass is 32.2. The summed E-state index contributed by atoms with van der Waals surface area (Å²) in [5.41, 5.74) is 7.00. The second-order valence-electron chi connectivity index (χ2n) is 8.72. The van der Waals surface area contributed by atoms with Gasteiger partial charge in [-0.25, -0.2) is 9.71 Å². The molecule has 1 aliphatic heterocycles. The normalized spacial score (nSPS) is 16.6. The van der Waals surface area contributed by atoms with Crippen LogP contribution >= 0.6 is 0 Å². The lowest BCUT2D eigenvalue weighted by Gasteiger charge is -2.30. The maximum atomic E-state index is 13.4. The molecule has 1 amide bonds. The minimum atomic E-state index is -4.05. The van der Waals surface area contributed by atoms with E-state index in [0.29, 0.717) is 19.5 Å². The fourth-order valence-corrected chi connectivity index (χ4v) is 5.59. The van der Waals surface area contributed by atoms with Crippen LogP contribution in [0.3, 0.4) is 0 Å². The second-order valence-corrected chi connectivity index (χ2v) is 10.4. The molecule has 172 valence electrons. The number of rotatable bonds is 5. The van der Waals surface area contributed by atoms with E-state index in [4.69, 9.17) is 0 Å². The molecule has 3 aromatic rings. The van der Waals surface area contributed by atoms with Crippen molar-refractivity contribution in [3.63, 3.8) is 0 Å². The van der Waals surface area contributed by atoms with Crippen LogP contribution in [0.4, 0.5) is 0 Å². The molecule has 1 unspecified atom stereocenters. The Morgan fingerprint density at radius 1 is 1.03 bits per heavy atom. The van der Waals surface area contributed by atoms with Crippen molar-refractivity contribution in [2.24, 2.45) is 0 Å². The molecule has 0 fully saturated rings. The van der Waals surface area contributed by atoms with E-state index in [9.17, 15) is 13.2 Å². The molecule has 0 radical (unpaired) electrons. The van der Waals surface area contributed by atoms with Gasteiger partial charge < -0.3 is 0 Å². The van der Waals surface area contributed by atoms with Crippen molar-refractivity contribution >= 4 is 15.9 Å². The lowest BCUT2D eigenvalue weighted by Crippen LogP contribution is -2.49. The van der Waals surface area contributed by atoms with E-state index in [1.54, 1.807) is 12.1 Å². The summed E-state index contributed by atoms with van der Waals surface area (Å²) >= 11 is 0. The first-order chi connectivity index (χ1) is 15.7. The van der Waals surface area contributed by atoms with Gasteiger partial charge in [-0.3, -0.25) is 9.69 Å². The average molecular weight is 464 g/mol. The van der Waals surface area contributed by atoms with Crippen LogP contribution in [0.25, 0.3) is 0 Å². The van der Waals surface area contributed by atoms with E-state index >= 15 is 0 Å². The first kappa shape index (κ1) is 23.1. The third-order valence-electron chi connectivity index (χ3n) is 6.29. The zero-order chi connectivity index (χ0) is 23.6. The lowest BCUT2D eigenvalue weighted by atomic mass is 9.98. The van der Waals surface area contributed by atoms with Crippen LogP contribution in [0, 0.1) is 20.8 Å². The van der Waals surface area contributed by atoms with Crippen molar-refractivity contribution in [1.29, 1.82) is 0 Å². The van der Waals surface area contributed by atoms with Crippen LogP contribution in [0.1, 0.15) is 33.4 Å². The number of fused-ring (bicyclic) bond motifs is 1. The average Bonchev–Trinajstić information content (AvgIpc) is 2.96. The van der Waals surface area contributed by atoms with Crippen molar-refractivity contribution < 1.29 is 13.2 Å². The molecular formula is C26H29N3O3S. The van der Waals surface area contributed by atoms with E-state index in [0.717, 1.165) is 12.0 Å². The van der Waals surface area contributed by atoms with Gasteiger partial charge in [0.25, 0.3) is 15.9 Å². The van der Waals surface area contributed by atoms with Gasteiger partial charge >= 0.3 is 0 Å². The van der Waals surface area contributed by atoms with E-state index in [1.165, 1.54) is 40.1 Å². The molecule has 1 aliphatic rings. The van der Waals surface area contributed by atoms with Crippen molar-refractivity contribution in [3.05, 3.63) is 94.2 Å². The second kappa shape index (κ2) is 9.45. The van der Waals surface area contributed by atoms with Gasteiger partial charge in [-0.05, 0) is 73.6 Å². The highest BCUT2D eigenvalue weighted by molar-refractivity contribution is 7.90. The Hall–Kier alpha value is -3.03. The zero-order valence-electron chi connectivity index (χ0n) is 19.2. The Morgan fingerprint density at radius 3 is 2.36 bits per heavy atom. The molecule has 1 aromatic heterocycles. The van der Waals surface area contributed by atoms with Gasteiger partial charge in [0.15, 0.2) is 5.03 Å². The van der Waals surface area contributed by atoms with Crippen LogP contribution in [-0.4, -0.2) is 36.8 Å². The zero-order valence-corrected chi connectivity index (χ0v) is 20.0. The van der Waals surface area contributed by atoms with Crippen LogP contribution in [0.2, 0.25) is 0 Å². The fraction of sp³-hybridized carbons (Fsp3) is 0.308. The number of carbonyl (C=O) groups is 1. The lowest BCUT2D eigenvalue weighted by molar-refractivity contribution is -0.124. The summed E-state index contributed by atoms with van der Waals surface area (Å²) in [5.74, 6) is -0.528. The van der Waals surface area contributed by atoms with E-state index in [1.807, 2.05) is 18.2 Å². The van der Waals surface area contributed by atoms with Gasteiger partial charge in [-0.1, -0.05) is 48.0 Å².